The predicted octanol–water partition coefficient (Wildman–Crippen LogP) is 1.48. The van der Waals surface area contributed by atoms with Crippen molar-refractivity contribution in [3.63, 3.8) is 0 Å². The Kier molecular flexibility index (Phi) is 4.47. The van der Waals surface area contributed by atoms with Crippen molar-refractivity contribution >= 4 is 18.3 Å². The molecule has 1 aromatic rings. The van der Waals surface area contributed by atoms with E-state index < -0.39 is 0 Å². The largest absolute Gasteiger partial charge is 0.361 e. The molecule has 2 aliphatic rings. The lowest BCUT2D eigenvalue weighted by Gasteiger charge is -2.19. The standard InChI is InChI=1S/C13H19N3O2.ClH/c1-9-6-12(15-18-9)13(17)16-4-2-10-7-14-8-11(10)3-5-16;/h6,10-11,14H,2-5,7-8H2,1H3;1H/t10-,11+;. The molecule has 19 heavy (non-hydrogen) atoms. The summed E-state index contributed by atoms with van der Waals surface area (Å²) in [4.78, 5) is 14.2. The van der Waals surface area contributed by atoms with Crippen molar-refractivity contribution in [2.24, 2.45) is 11.8 Å². The van der Waals surface area contributed by atoms with Crippen LogP contribution in [0.4, 0.5) is 0 Å². The van der Waals surface area contributed by atoms with Crippen LogP contribution in [-0.2, 0) is 0 Å². The summed E-state index contributed by atoms with van der Waals surface area (Å²) in [7, 11) is 0. The fraction of sp³-hybridized carbons (Fsp3) is 0.692. The fourth-order valence-corrected chi connectivity index (χ4v) is 3.05. The highest BCUT2D eigenvalue weighted by Crippen LogP contribution is 2.27. The summed E-state index contributed by atoms with van der Waals surface area (Å²) >= 11 is 0. The van der Waals surface area contributed by atoms with Crippen molar-refractivity contribution in [1.82, 2.24) is 15.4 Å². The third-order valence-corrected chi connectivity index (χ3v) is 4.15. The molecule has 1 N–H and O–H groups in total. The Balaban J connectivity index is 0.00000133. The molecule has 0 radical (unpaired) electrons. The Morgan fingerprint density at radius 1 is 1.37 bits per heavy atom. The van der Waals surface area contributed by atoms with Crippen molar-refractivity contribution in [2.75, 3.05) is 26.2 Å². The highest BCUT2D eigenvalue weighted by molar-refractivity contribution is 5.92. The van der Waals surface area contributed by atoms with E-state index in [9.17, 15) is 4.79 Å². The van der Waals surface area contributed by atoms with Gasteiger partial charge in [-0.2, -0.15) is 0 Å². The Labute approximate surface area is 119 Å². The first-order valence-electron chi connectivity index (χ1n) is 6.67. The maximum atomic E-state index is 12.3. The van der Waals surface area contributed by atoms with Crippen LogP contribution in [0.15, 0.2) is 10.6 Å². The normalized spacial score (nSPS) is 26.5. The molecule has 1 amide bonds. The lowest BCUT2D eigenvalue weighted by atomic mass is 9.92. The van der Waals surface area contributed by atoms with Gasteiger partial charge in [-0.25, -0.2) is 0 Å². The van der Waals surface area contributed by atoms with Gasteiger partial charge in [0.2, 0.25) is 0 Å². The smallest absolute Gasteiger partial charge is 0.276 e. The molecule has 2 saturated heterocycles. The summed E-state index contributed by atoms with van der Waals surface area (Å²) in [5.41, 5.74) is 0.442. The van der Waals surface area contributed by atoms with E-state index in [1.807, 2.05) is 11.8 Å². The van der Waals surface area contributed by atoms with Crippen LogP contribution >= 0.6 is 12.4 Å². The second-order valence-corrected chi connectivity index (χ2v) is 5.37. The zero-order chi connectivity index (χ0) is 12.5. The summed E-state index contributed by atoms with van der Waals surface area (Å²) in [5, 5.41) is 7.26. The number of aryl methyl sites for hydroxylation is 1. The van der Waals surface area contributed by atoms with E-state index >= 15 is 0 Å². The average molecular weight is 286 g/mol. The van der Waals surface area contributed by atoms with E-state index in [1.165, 1.54) is 0 Å². The SMILES string of the molecule is Cc1cc(C(=O)N2CC[C@@H]3CNC[C@@H]3CC2)no1.Cl. The Morgan fingerprint density at radius 2 is 2.00 bits per heavy atom. The molecule has 3 rings (SSSR count). The molecule has 0 aliphatic carbocycles. The molecule has 106 valence electrons. The predicted molar refractivity (Wildman–Crippen MR) is 73.5 cm³/mol. The minimum Gasteiger partial charge on any atom is -0.361 e. The van der Waals surface area contributed by atoms with Crippen LogP contribution < -0.4 is 5.32 Å². The van der Waals surface area contributed by atoms with Crippen molar-refractivity contribution in [1.29, 1.82) is 0 Å². The van der Waals surface area contributed by atoms with E-state index in [0.29, 0.717) is 11.5 Å². The quantitative estimate of drug-likeness (QED) is 0.849. The van der Waals surface area contributed by atoms with Gasteiger partial charge in [-0.3, -0.25) is 4.79 Å². The van der Waals surface area contributed by atoms with Crippen molar-refractivity contribution in [2.45, 2.75) is 19.8 Å². The monoisotopic (exact) mass is 285 g/mol. The molecule has 0 spiro atoms. The molecular formula is C13H20ClN3O2. The number of aromatic nitrogens is 1. The van der Waals surface area contributed by atoms with Gasteiger partial charge < -0.3 is 14.7 Å². The molecule has 3 heterocycles. The number of hydrogen-bond donors (Lipinski definition) is 1. The number of carbonyl (C=O) groups is 1. The van der Waals surface area contributed by atoms with Crippen LogP contribution in [0.5, 0.6) is 0 Å². The van der Waals surface area contributed by atoms with Gasteiger partial charge in [0.1, 0.15) is 5.76 Å². The first-order valence-corrected chi connectivity index (χ1v) is 6.67. The van der Waals surface area contributed by atoms with Crippen LogP contribution in [0.25, 0.3) is 0 Å². The van der Waals surface area contributed by atoms with E-state index in [0.717, 1.165) is 50.9 Å². The van der Waals surface area contributed by atoms with Gasteiger partial charge in [-0.05, 0) is 44.7 Å². The summed E-state index contributed by atoms with van der Waals surface area (Å²) in [5.74, 6) is 2.18. The number of nitrogens with one attached hydrogen (secondary N) is 1. The second-order valence-electron chi connectivity index (χ2n) is 5.37. The van der Waals surface area contributed by atoms with E-state index in [2.05, 4.69) is 10.5 Å². The van der Waals surface area contributed by atoms with E-state index in [1.54, 1.807) is 6.07 Å². The van der Waals surface area contributed by atoms with Crippen molar-refractivity contribution in [3.05, 3.63) is 17.5 Å². The number of hydrogen-bond acceptors (Lipinski definition) is 4. The first-order chi connectivity index (χ1) is 8.74. The van der Waals surface area contributed by atoms with Gasteiger partial charge in [0.15, 0.2) is 5.69 Å². The molecule has 0 saturated carbocycles. The zero-order valence-corrected chi connectivity index (χ0v) is 11.9. The number of nitrogens with zero attached hydrogens (tertiary/aromatic N) is 2. The Hall–Kier alpha value is -1.07. The highest BCUT2D eigenvalue weighted by atomic mass is 35.5. The van der Waals surface area contributed by atoms with E-state index in [-0.39, 0.29) is 18.3 Å². The lowest BCUT2D eigenvalue weighted by molar-refractivity contribution is 0.0748. The molecule has 0 bridgehead atoms. The number of likely N-dealkylation sites (tertiary alicyclic amines) is 1. The molecular weight excluding hydrogens is 266 g/mol. The second kappa shape index (κ2) is 5.92. The van der Waals surface area contributed by atoms with Crippen LogP contribution in [0.1, 0.15) is 29.1 Å². The van der Waals surface area contributed by atoms with Crippen LogP contribution in [0, 0.1) is 18.8 Å². The zero-order valence-electron chi connectivity index (χ0n) is 11.1. The Morgan fingerprint density at radius 3 is 2.53 bits per heavy atom. The topological polar surface area (TPSA) is 58.4 Å². The summed E-state index contributed by atoms with van der Waals surface area (Å²) in [6.07, 6.45) is 2.19. The van der Waals surface area contributed by atoms with Crippen LogP contribution in [0.2, 0.25) is 0 Å². The van der Waals surface area contributed by atoms with Crippen molar-refractivity contribution < 1.29 is 9.32 Å². The van der Waals surface area contributed by atoms with Gasteiger partial charge in [-0.1, -0.05) is 5.16 Å². The molecule has 2 aliphatic heterocycles. The number of rotatable bonds is 1. The summed E-state index contributed by atoms with van der Waals surface area (Å²) in [6, 6.07) is 1.72. The van der Waals surface area contributed by atoms with Crippen LogP contribution in [0.3, 0.4) is 0 Å². The number of amides is 1. The minimum absolute atomic E-state index is 0. The average Bonchev–Trinajstić information content (AvgIpc) is 2.94. The van der Waals surface area contributed by atoms with Gasteiger partial charge in [0.05, 0.1) is 0 Å². The van der Waals surface area contributed by atoms with E-state index in [4.69, 9.17) is 4.52 Å². The van der Waals surface area contributed by atoms with Crippen molar-refractivity contribution in [3.8, 4) is 0 Å². The summed E-state index contributed by atoms with van der Waals surface area (Å²) < 4.78 is 4.97. The Bertz CT molecular complexity index is 435. The third-order valence-electron chi connectivity index (χ3n) is 4.15. The van der Waals surface area contributed by atoms with Crippen LogP contribution in [-0.4, -0.2) is 42.1 Å². The minimum atomic E-state index is 0. The number of fused-ring (bicyclic) bond motifs is 1. The molecule has 0 aromatic carbocycles. The maximum Gasteiger partial charge on any atom is 0.276 e. The fourth-order valence-electron chi connectivity index (χ4n) is 3.05. The molecule has 5 nitrogen and oxygen atoms in total. The van der Waals surface area contributed by atoms with Gasteiger partial charge in [-0.15, -0.1) is 12.4 Å². The van der Waals surface area contributed by atoms with Gasteiger partial charge >= 0.3 is 0 Å². The molecule has 2 fully saturated rings. The van der Waals surface area contributed by atoms with Gasteiger partial charge in [0, 0.05) is 19.2 Å². The number of carbonyl (C=O) groups excluding carboxylic acids is 1. The number of halogens is 1. The molecule has 6 heteroatoms. The first kappa shape index (κ1) is 14.3. The summed E-state index contributed by atoms with van der Waals surface area (Å²) in [6.45, 7) is 5.70. The highest BCUT2D eigenvalue weighted by Gasteiger charge is 2.32. The molecule has 2 atom stereocenters. The lowest BCUT2D eigenvalue weighted by Crippen LogP contribution is -2.32. The van der Waals surface area contributed by atoms with Gasteiger partial charge in [0.25, 0.3) is 5.91 Å². The molecule has 0 unspecified atom stereocenters. The third kappa shape index (κ3) is 2.92. The molecule has 1 aromatic heterocycles. The maximum absolute atomic E-state index is 12.3.